The summed E-state index contributed by atoms with van der Waals surface area (Å²) in [6, 6.07) is 1.34. The Bertz CT molecular complexity index is 292. The second-order valence-electron chi connectivity index (χ2n) is 2.01. The molecule has 0 atom stereocenters. The monoisotopic (exact) mass is 155 g/mol. The Balaban J connectivity index is 3.24. The van der Waals surface area contributed by atoms with Gasteiger partial charge in [-0.1, -0.05) is 0 Å². The second kappa shape index (κ2) is 3.21. The topological polar surface area (TPSA) is 62.3 Å². The molecule has 0 saturated carbocycles. The Morgan fingerprint density at radius 3 is 2.91 bits per heavy atom. The van der Waals surface area contributed by atoms with Crippen LogP contribution in [0.4, 0.5) is 0 Å². The number of pyridine rings is 1. The van der Waals surface area contributed by atoms with Crippen molar-refractivity contribution in [2.24, 2.45) is 0 Å². The van der Waals surface area contributed by atoms with Gasteiger partial charge in [0.2, 0.25) is 0 Å². The van der Waals surface area contributed by atoms with Gasteiger partial charge >= 0.3 is 0 Å². The molecule has 0 aliphatic rings. The van der Waals surface area contributed by atoms with Crippen LogP contribution in [0.1, 0.15) is 5.56 Å². The molecule has 0 bridgehead atoms. The number of hydrogen-bond acceptors (Lipinski definition) is 3. The first-order valence-corrected chi connectivity index (χ1v) is 3.15. The molecule has 1 aromatic rings. The van der Waals surface area contributed by atoms with Crippen molar-refractivity contribution in [3.05, 3.63) is 28.0 Å². The predicted molar refractivity (Wildman–Crippen MR) is 39.5 cm³/mol. The summed E-state index contributed by atoms with van der Waals surface area (Å²) < 4.78 is 4.80. The van der Waals surface area contributed by atoms with E-state index in [0.29, 0.717) is 5.88 Å². The van der Waals surface area contributed by atoms with E-state index in [0.717, 1.165) is 0 Å². The third-order valence-corrected chi connectivity index (χ3v) is 1.38. The van der Waals surface area contributed by atoms with Crippen LogP contribution in [-0.4, -0.2) is 17.2 Å². The van der Waals surface area contributed by atoms with E-state index < -0.39 is 0 Å². The molecule has 0 amide bonds. The molecule has 4 nitrogen and oxygen atoms in total. The molecule has 1 heterocycles. The highest BCUT2D eigenvalue weighted by atomic mass is 16.5. The fraction of sp³-hybridized carbons (Fsp3) is 0.286. The van der Waals surface area contributed by atoms with Crippen LogP contribution in [0.25, 0.3) is 0 Å². The zero-order valence-corrected chi connectivity index (χ0v) is 6.13. The lowest BCUT2D eigenvalue weighted by molar-refractivity contribution is 0.270. The Hall–Kier alpha value is -1.29. The third-order valence-electron chi connectivity index (χ3n) is 1.38. The molecule has 4 heteroatoms. The largest absolute Gasteiger partial charge is 0.482 e. The minimum atomic E-state index is -0.306. The summed E-state index contributed by atoms with van der Waals surface area (Å²) in [6.07, 6.45) is 1.47. The molecule has 0 spiro atoms. The maximum Gasteiger partial charge on any atom is 0.200 e. The first-order valence-electron chi connectivity index (χ1n) is 3.15. The van der Waals surface area contributed by atoms with Crippen LogP contribution in [0.3, 0.4) is 0 Å². The van der Waals surface area contributed by atoms with Gasteiger partial charge < -0.3 is 14.8 Å². The third kappa shape index (κ3) is 1.40. The van der Waals surface area contributed by atoms with Crippen molar-refractivity contribution in [3.63, 3.8) is 0 Å². The van der Waals surface area contributed by atoms with Gasteiger partial charge in [0.15, 0.2) is 11.3 Å². The average molecular weight is 155 g/mol. The predicted octanol–water partition coefficient (Wildman–Crippen LogP) is -0.124. The van der Waals surface area contributed by atoms with E-state index in [4.69, 9.17) is 9.84 Å². The molecule has 1 rings (SSSR count). The van der Waals surface area contributed by atoms with Gasteiger partial charge in [-0.15, -0.1) is 0 Å². The molecule has 0 aromatic carbocycles. The molecule has 0 unspecified atom stereocenters. The molecule has 0 fully saturated rings. The van der Waals surface area contributed by atoms with Crippen molar-refractivity contribution < 1.29 is 9.84 Å². The van der Waals surface area contributed by atoms with E-state index in [9.17, 15) is 4.79 Å². The van der Waals surface area contributed by atoms with Crippen molar-refractivity contribution in [1.29, 1.82) is 0 Å². The van der Waals surface area contributed by atoms with Crippen LogP contribution in [0.2, 0.25) is 0 Å². The number of hydrogen-bond donors (Lipinski definition) is 2. The van der Waals surface area contributed by atoms with E-state index in [1.165, 1.54) is 19.4 Å². The summed E-state index contributed by atoms with van der Waals surface area (Å²) in [4.78, 5) is 13.7. The quantitative estimate of drug-likeness (QED) is 0.625. The van der Waals surface area contributed by atoms with E-state index in [1.807, 2.05) is 0 Å². The number of rotatable bonds is 2. The Labute approximate surface area is 63.5 Å². The molecule has 1 aromatic heterocycles. The first kappa shape index (κ1) is 7.81. The Morgan fingerprint density at radius 1 is 1.73 bits per heavy atom. The number of methoxy groups -OCH3 is 1. The number of aliphatic hydroxyl groups is 1. The molecule has 0 aliphatic heterocycles. The average Bonchev–Trinajstić information content (AvgIpc) is 2.04. The minimum absolute atomic E-state index is 0.219. The highest BCUT2D eigenvalue weighted by molar-refractivity contribution is 5.24. The Kier molecular flexibility index (Phi) is 2.28. The van der Waals surface area contributed by atoms with Crippen LogP contribution in [0.5, 0.6) is 5.88 Å². The maximum atomic E-state index is 11.0. The van der Waals surface area contributed by atoms with Gasteiger partial charge in [-0.05, 0) is 0 Å². The summed E-state index contributed by atoms with van der Waals surface area (Å²) >= 11 is 0. The van der Waals surface area contributed by atoms with Gasteiger partial charge in [0, 0.05) is 12.3 Å². The van der Waals surface area contributed by atoms with Gasteiger partial charge in [-0.2, -0.15) is 0 Å². The molecule has 60 valence electrons. The van der Waals surface area contributed by atoms with Gasteiger partial charge in [0.1, 0.15) is 0 Å². The summed E-state index contributed by atoms with van der Waals surface area (Å²) in [5, 5.41) is 8.73. The fourth-order valence-corrected chi connectivity index (χ4v) is 0.824. The number of H-pyrrole nitrogens is 1. The number of aromatic amines is 1. The molecular weight excluding hydrogens is 146 g/mol. The van der Waals surface area contributed by atoms with Crippen molar-refractivity contribution in [3.8, 4) is 5.88 Å². The smallest absolute Gasteiger partial charge is 0.200 e. The number of nitrogens with one attached hydrogen (secondary N) is 1. The molecule has 11 heavy (non-hydrogen) atoms. The normalized spacial score (nSPS) is 9.64. The standard InChI is InChI=1S/C7H9NO3/c1-11-7-5(4-9)6(10)2-3-8-7/h2-3,9H,4H2,1H3,(H,8,10). The Morgan fingerprint density at radius 2 is 2.45 bits per heavy atom. The zero-order valence-electron chi connectivity index (χ0n) is 6.13. The number of ether oxygens (including phenoxy) is 1. The van der Waals surface area contributed by atoms with Gasteiger partial charge in [0.05, 0.1) is 19.3 Å². The molecule has 2 N–H and O–H groups in total. The highest BCUT2D eigenvalue weighted by Crippen LogP contribution is 2.07. The SMILES string of the molecule is COc1[nH]ccc(=O)c1CO. The molecular formula is C7H9NO3. The van der Waals surface area contributed by atoms with Gasteiger partial charge in [-0.3, -0.25) is 4.79 Å². The van der Waals surface area contributed by atoms with Crippen molar-refractivity contribution in [2.45, 2.75) is 6.61 Å². The zero-order chi connectivity index (χ0) is 8.27. The van der Waals surface area contributed by atoms with Crippen LogP contribution >= 0.6 is 0 Å². The van der Waals surface area contributed by atoms with E-state index in [2.05, 4.69) is 4.98 Å². The van der Waals surface area contributed by atoms with Crippen molar-refractivity contribution in [2.75, 3.05) is 7.11 Å². The number of aromatic nitrogens is 1. The maximum absolute atomic E-state index is 11.0. The lowest BCUT2D eigenvalue weighted by atomic mass is 10.3. The van der Waals surface area contributed by atoms with Gasteiger partial charge in [0.25, 0.3) is 0 Å². The first-order chi connectivity index (χ1) is 5.29. The summed E-state index contributed by atoms with van der Waals surface area (Å²) in [5.74, 6) is 0.319. The van der Waals surface area contributed by atoms with Crippen LogP contribution in [0.15, 0.2) is 17.1 Å². The van der Waals surface area contributed by atoms with E-state index in [1.54, 1.807) is 0 Å². The lowest BCUT2D eigenvalue weighted by Crippen LogP contribution is -2.10. The summed E-state index contributed by atoms with van der Waals surface area (Å²) in [6.45, 7) is -0.306. The van der Waals surface area contributed by atoms with Crippen LogP contribution in [-0.2, 0) is 6.61 Å². The van der Waals surface area contributed by atoms with E-state index in [-0.39, 0.29) is 17.6 Å². The van der Waals surface area contributed by atoms with Crippen LogP contribution < -0.4 is 10.2 Å². The van der Waals surface area contributed by atoms with Crippen LogP contribution in [0, 0.1) is 0 Å². The van der Waals surface area contributed by atoms with Gasteiger partial charge in [-0.25, -0.2) is 0 Å². The fourth-order valence-electron chi connectivity index (χ4n) is 0.824. The molecule has 0 aliphatic carbocycles. The summed E-state index contributed by atoms with van der Waals surface area (Å²) in [7, 11) is 1.43. The molecule has 0 saturated heterocycles. The summed E-state index contributed by atoms with van der Waals surface area (Å²) in [5.41, 5.74) is 0.0399. The number of aliphatic hydroxyl groups excluding tert-OH is 1. The minimum Gasteiger partial charge on any atom is -0.482 e. The second-order valence-corrected chi connectivity index (χ2v) is 2.01. The van der Waals surface area contributed by atoms with E-state index >= 15 is 0 Å². The lowest BCUT2D eigenvalue weighted by Gasteiger charge is -2.02. The van der Waals surface area contributed by atoms with Crippen molar-refractivity contribution in [1.82, 2.24) is 4.98 Å². The highest BCUT2D eigenvalue weighted by Gasteiger charge is 2.04. The van der Waals surface area contributed by atoms with Crippen molar-refractivity contribution >= 4 is 0 Å². The molecule has 0 radical (unpaired) electrons.